The molecule has 1 aromatic heterocycles. The first-order chi connectivity index (χ1) is 10.2. The fourth-order valence-electron chi connectivity index (χ4n) is 1.82. The zero-order valence-electron chi connectivity index (χ0n) is 11.8. The summed E-state index contributed by atoms with van der Waals surface area (Å²) >= 11 is 1.60. The largest absolute Gasteiger partial charge is 0.490 e. The Morgan fingerprint density at radius 1 is 1.41 bits per heavy atom. The van der Waals surface area contributed by atoms with Gasteiger partial charge < -0.3 is 5.11 Å². The van der Waals surface area contributed by atoms with Gasteiger partial charge in [-0.05, 0) is 32.3 Å². The number of aryl methyl sites for hydroxylation is 2. The van der Waals surface area contributed by atoms with Crippen LogP contribution in [0.4, 0.5) is 18.2 Å². The molecule has 1 aliphatic heterocycles. The molecule has 0 unspecified atom stereocenters. The molecular formula is C13H15F3N2O3S. The van der Waals surface area contributed by atoms with E-state index in [1.54, 1.807) is 16.2 Å². The number of anilines is 1. The SMILES string of the molecule is C=CC(=O)N1CCCCc2nc(C)sc21.O=C(O)C(F)(F)F. The van der Waals surface area contributed by atoms with Crippen molar-refractivity contribution in [3.63, 3.8) is 0 Å². The molecule has 1 N–H and O–H groups in total. The van der Waals surface area contributed by atoms with Crippen LogP contribution in [0.15, 0.2) is 12.7 Å². The van der Waals surface area contributed by atoms with Crippen molar-refractivity contribution in [3.05, 3.63) is 23.4 Å². The zero-order chi connectivity index (χ0) is 16.9. The van der Waals surface area contributed by atoms with Gasteiger partial charge in [-0.3, -0.25) is 9.69 Å². The number of hydrogen-bond donors (Lipinski definition) is 1. The highest BCUT2D eigenvalue weighted by molar-refractivity contribution is 7.16. The first-order valence-corrected chi connectivity index (χ1v) is 7.18. The zero-order valence-corrected chi connectivity index (χ0v) is 12.6. The Morgan fingerprint density at radius 2 is 2.00 bits per heavy atom. The third-order valence-corrected chi connectivity index (χ3v) is 3.79. The Labute approximate surface area is 129 Å². The maximum Gasteiger partial charge on any atom is 0.490 e. The van der Waals surface area contributed by atoms with Gasteiger partial charge in [0.25, 0.3) is 5.91 Å². The van der Waals surface area contributed by atoms with E-state index in [0.717, 1.165) is 41.5 Å². The third kappa shape index (κ3) is 4.83. The maximum atomic E-state index is 11.7. The van der Waals surface area contributed by atoms with Crippen LogP contribution in [0.2, 0.25) is 0 Å². The molecule has 122 valence electrons. The maximum absolute atomic E-state index is 11.7. The van der Waals surface area contributed by atoms with E-state index in [1.807, 2.05) is 6.92 Å². The summed E-state index contributed by atoms with van der Waals surface area (Å²) in [4.78, 5) is 26.8. The number of rotatable bonds is 1. The summed E-state index contributed by atoms with van der Waals surface area (Å²) < 4.78 is 31.7. The van der Waals surface area contributed by atoms with Crippen molar-refractivity contribution in [1.29, 1.82) is 0 Å². The molecule has 0 aliphatic carbocycles. The number of aliphatic carboxylic acids is 1. The summed E-state index contributed by atoms with van der Waals surface area (Å²) in [6, 6.07) is 0. The average Bonchev–Trinajstić information content (AvgIpc) is 2.67. The second kappa shape index (κ2) is 7.39. The van der Waals surface area contributed by atoms with Gasteiger partial charge in [-0.25, -0.2) is 9.78 Å². The van der Waals surface area contributed by atoms with E-state index < -0.39 is 12.1 Å². The van der Waals surface area contributed by atoms with Crippen molar-refractivity contribution < 1.29 is 27.9 Å². The highest BCUT2D eigenvalue weighted by Gasteiger charge is 2.38. The molecular weight excluding hydrogens is 321 g/mol. The minimum absolute atomic E-state index is 0.0122. The van der Waals surface area contributed by atoms with E-state index in [4.69, 9.17) is 9.90 Å². The van der Waals surface area contributed by atoms with Gasteiger partial charge in [0.2, 0.25) is 0 Å². The molecule has 1 aliphatic rings. The topological polar surface area (TPSA) is 70.5 Å². The van der Waals surface area contributed by atoms with Gasteiger partial charge in [-0.15, -0.1) is 11.3 Å². The number of carbonyl (C=O) groups excluding carboxylic acids is 1. The molecule has 0 saturated heterocycles. The summed E-state index contributed by atoms with van der Waals surface area (Å²) in [6.07, 6.45) is -0.566. The van der Waals surface area contributed by atoms with E-state index in [1.165, 1.54) is 6.08 Å². The lowest BCUT2D eigenvalue weighted by molar-refractivity contribution is -0.192. The lowest BCUT2D eigenvalue weighted by Crippen LogP contribution is -2.29. The molecule has 0 aromatic carbocycles. The Bertz CT molecular complexity index is 569. The van der Waals surface area contributed by atoms with Gasteiger partial charge in [0.1, 0.15) is 5.00 Å². The van der Waals surface area contributed by atoms with Gasteiger partial charge in [-0.1, -0.05) is 6.58 Å². The van der Waals surface area contributed by atoms with Gasteiger partial charge >= 0.3 is 12.1 Å². The van der Waals surface area contributed by atoms with E-state index in [9.17, 15) is 18.0 Å². The molecule has 5 nitrogen and oxygen atoms in total. The summed E-state index contributed by atoms with van der Waals surface area (Å²) in [5.41, 5.74) is 1.07. The van der Waals surface area contributed by atoms with Crippen molar-refractivity contribution in [2.45, 2.75) is 32.4 Å². The van der Waals surface area contributed by atoms with Crippen LogP contribution in [-0.2, 0) is 16.0 Å². The molecule has 1 amide bonds. The number of alkyl halides is 3. The van der Waals surface area contributed by atoms with Gasteiger partial charge in [0.15, 0.2) is 0 Å². The van der Waals surface area contributed by atoms with Crippen molar-refractivity contribution in [3.8, 4) is 0 Å². The Morgan fingerprint density at radius 3 is 2.50 bits per heavy atom. The molecule has 0 radical (unpaired) electrons. The molecule has 0 saturated carbocycles. The van der Waals surface area contributed by atoms with Crippen LogP contribution in [0.3, 0.4) is 0 Å². The number of thiazole rings is 1. The number of nitrogens with zero attached hydrogens (tertiary/aromatic N) is 2. The number of aromatic nitrogens is 1. The minimum Gasteiger partial charge on any atom is -0.475 e. The summed E-state index contributed by atoms with van der Waals surface area (Å²) in [7, 11) is 0. The molecule has 9 heteroatoms. The standard InChI is InChI=1S/C11H14N2OS.C2HF3O2/c1-3-10(14)13-7-5-4-6-9-11(13)15-8(2)12-9;3-2(4,5)1(6)7/h3H,1,4-7H2,2H3;(H,6,7). The second-order valence-corrected chi connectivity index (χ2v) is 5.62. The van der Waals surface area contributed by atoms with Crippen LogP contribution in [0.5, 0.6) is 0 Å². The number of carbonyl (C=O) groups is 2. The first-order valence-electron chi connectivity index (χ1n) is 6.37. The number of amides is 1. The molecule has 1 aromatic rings. The Kier molecular flexibility index (Phi) is 6.10. The molecule has 0 bridgehead atoms. The molecule has 2 rings (SSSR count). The highest BCUT2D eigenvalue weighted by atomic mass is 32.1. The fraction of sp³-hybridized carbons (Fsp3) is 0.462. The van der Waals surface area contributed by atoms with E-state index in [0.29, 0.717) is 0 Å². The van der Waals surface area contributed by atoms with Crippen LogP contribution in [0, 0.1) is 6.92 Å². The Balaban J connectivity index is 0.000000295. The number of hydrogen-bond acceptors (Lipinski definition) is 4. The molecule has 0 fully saturated rings. The summed E-state index contributed by atoms with van der Waals surface area (Å²) in [6.45, 7) is 6.31. The number of halogens is 3. The van der Waals surface area contributed by atoms with Crippen LogP contribution < -0.4 is 4.90 Å². The number of fused-ring (bicyclic) bond motifs is 1. The average molecular weight is 336 g/mol. The van der Waals surface area contributed by atoms with Crippen molar-refractivity contribution in [2.24, 2.45) is 0 Å². The van der Waals surface area contributed by atoms with Crippen LogP contribution >= 0.6 is 11.3 Å². The van der Waals surface area contributed by atoms with E-state index in [2.05, 4.69) is 11.6 Å². The predicted molar refractivity (Wildman–Crippen MR) is 76.0 cm³/mol. The Hall–Kier alpha value is -1.90. The van der Waals surface area contributed by atoms with Crippen molar-refractivity contribution in [1.82, 2.24) is 4.98 Å². The van der Waals surface area contributed by atoms with Gasteiger partial charge in [0, 0.05) is 6.54 Å². The molecule has 0 atom stereocenters. The van der Waals surface area contributed by atoms with Crippen LogP contribution in [-0.4, -0.2) is 34.7 Å². The van der Waals surface area contributed by atoms with Crippen LogP contribution in [0.1, 0.15) is 23.5 Å². The first kappa shape index (κ1) is 18.1. The summed E-state index contributed by atoms with van der Waals surface area (Å²) in [5, 5.41) is 9.18. The lowest BCUT2D eigenvalue weighted by atomic mass is 10.2. The monoisotopic (exact) mass is 336 g/mol. The van der Waals surface area contributed by atoms with Gasteiger partial charge in [0.05, 0.1) is 10.7 Å². The molecule has 0 spiro atoms. The molecule has 22 heavy (non-hydrogen) atoms. The lowest BCUT2D eigenvalue weighted by Gasteiger charge is -2.17. The quantitative estimate of drug-likeness (QED) is 0.801. The number of carboxylic acids is 1. The van der Waals surface area contributed by atoms with Crippen LogP contribution in [0.25, 0.3) is 0 Å². The predicted octanol–water partition coefficient (Wildman–Crippen LogP) is 2.94. The van der Waals surface area contributed by atoms with Gasteiger partial charge in [-0.2, -0.15) is 13.2 Å². The van der Waals surface area contributed by atoms with E-state index in [-0.39, 0.29) is 5.91 Å². The van der Waals surface area contributed by atoms with E-state index >= 15 is 0 Å². The third-order valence-electron chi connectivity index (χ3n) is 2.76. The van der Waals surface area contributed by atoms with Crippen molar-refractivity contribution >= 4 is 28.2 Å². The minimum atomic E-state index is -5.08. The van der Waals surface area contributed by atoms with Crippen molar-refractivity contribution in [2.75, 3.05) is 11.4 Å². The summed E-state index contributed by atoms with van der Waals surface area (Å²) in [5.74, 6) is -2.77. The normalized spacial score (nSPS) is 14.3. The highest BCUT2D eigenvalue weighted by Crippen LogP contribution is 2.32. The second-order valence-electron chi connectivity index (χ2n) is 4.44. The molecule has 2 heterocycles. The smallest absolute Gasteiger partial charge is 0.475 e. The fourth-order valence-corrected chi connectivity index (χ4v) is 2.81. The number of carboxylic acid groups (broad SMARTS) is 1.